The highest BCUT2D eigenvalue weighted by atomic mass is 16.5. The fourth-order valence-corrected chi connectivity index (χ4v) is 3.19. The highest BCUT2D eigenvalue weighted by Gasteiger charge is 2.30. The third-order valence-corrected chi connectivity index (χ3v) is 4.38. The maximum absolute atomic E-state index is 12.1. The number of hydrogen-bond acceptors (Lipinski definition) is 4. The summed E-state index contributed by atoms with van der Waals surface area (Å²) in [6, 6.07) is 7.92. The third kappa shape index (κ3) is 2.47. The van der Waals surface area contributed by atoms with Crippen LogP contribution in [0, 0.1) is 6.92 Å². The molecule has 0 radical (unpaired) electrons. The molecule has 2 aromatic rings. The minimum atomic E-state index is -0.417. The lowest BCUT2D eigenvalue weighted by Gasteiger charge is -2.10. The molecule has 116 valence electrons. The van der Waals surface area contributed by atoms with Gasteiger partial charge in [-0.2, -0.15) is 5.10 Å². The number of carbonyl (C=O) groups is 1. The predicted octanol–water partition coefficient (Wildman–Crippen LogP) is 3.21. The Labute approximate surface area is 130 Å². The Kier molecular flexibility index (Phi) is 3.88. The first-order valence-corrected chi connectivity index (χ1v) is 7.65. The van der Waals surface area contributed by atoms with Crippen molar-refractivity contribution in [3.63, 3.8) is 0 Å². The number of anilines is 1. The Morgan fingerprint density at radius 3 is 2.50 bits per heavy atom. The number of esters is 1. The van der Waals surface area contributed by atoms with Crippen LogP contribution in [0.15, 0.2) is 24.3 Å². The summed E-state index contributed by atoms with van der Waals surface area (Å²) in [6.07, 6.45) is 4.43. The first-order valence-electron chi connectivity index (χ1n) is 7.65. The van der Waals surface area contributed by atoms with Crippen LogP contribution in [0.4, 0.5) is 5.82 Å². The average Bonchev–Trinajstić information content (AvgIpc) is 3.15. The quantitative estimate of drug-likeness (QED) is 0.883. The van der Waals surface area contributed by atoms with Gasteiger partial charge in [-0.15, -0.1) is 0 Å². The first kappa shape index (κ1) is 14.6. The van der Waals surface area contributed by atoms with Crippen LogP contribution >= 0.6 is 0 Å². The number of hydrogen-bond donors (Lipinski definition) is 1. The van der Waals surface area contributed by atoms with E-state index in [0.717, 1.165) is 24.1 Å². The Balaban J connectivity index is 2.11. The number of rotatable bonds is 3. The van der Waals surface area contributed by atoms with E-state index in [0.29, 0.717) is 17.4 Å². The molecule has 5 nitrogen and oxygen atoms in total. The van der Waals surface area contributed by atoms with E-state index in [9.17, 15) is 4.79 Å². The van der Waals surface area contributed by atoms with E-state index in [1.54, 1.807) is 4.68 Å². The molecule has 0 bridgehead atoms. The molecule has 1 fully saturated rings. The van der Waals surface area contributed by atoms with E-state index in [1.165, 1.54) is 25.5 Å². The van der Waals surface area contributed by atoms with Crippen molar-refractivity contribution in [3.8, 4) is 5.69 Å². The van der Waals surface area contributed by atoms with Crippen LogP contribution in [0.1, 0.15) is 53.2 Å². The van der Waals surface area contributed by atoms with Crippen molar-refractivity contribution in [2.45, 2.75) is 38.5 Å². The van der Waals surface area contributed by atoms with Gasteiger partial charge in [-0.25, -0.2) is 9.48 Å². The lowest BCUT2D eigenvalue weighted by atomic mass is 9.97. The standard InChI is InChI=1S/C17H21N3O2/c1-11-7-9-13(10-8-11)20-16(18)14(12-5-3-4-6-12)15(19-20)17(21)22-2/h7-10,12H,3-6,18H2,1-2H3. The van der Waals surface area contributed by atoms with Gasteiger partial charge >= 0.3 is 5.97 Å². The molecule has 0 amide bonds. The second kappa shape index (κ2) is 5.83. The molecule has 0 spiro atoms. The largest absolute Gasteiger partial charge is 0.464 e. The normalized spacial score (nSPS) is 15.2. The summed E-state index contributed by atoms with van der Waals surface area (Å²) in [6.45, 7) is 2.03. The van der Waals surface area contributed by atoms with Crippen LogP contribution in [-0.4, -0.2) is 22.9 Å². The zero-order valence-electron chi connectivity index (χ0n) is 13.0. The molecule has 1 saturated carbocycles. The predicted molar refractivity (Wildman–Crippen MR) is 85.3 cm³/mol. The molecule has 22 heavy (non-hydrogen) atoms. The zero-order valence-corrected chi connectivity index (χ0v) is 13.0. The monoisotopic (exact) mass is 299 g/mol. The van der Waals surface area contributed by atoms with E-state index in [4.69, 9.17) is 10.5 Å². The van der Waals surface area contributed by atoms with Crippen LogP contribution in [0.2, 0.25) is 0 Å². The van der Waals surface area contributed by atoms with Gasteiger partial charge in [-0.1, -0.05) is 30.5 Å². The van der Waals surface area contributed by atoms with Gasteiger partial charge < -0.3 is 10.5 Å². The molecule has 0 aliphatic heterocycles. The number of carbonyl (C=O) groups excluding carboxylic acids is 1. The summed E-state index contributed by atoms with van der Waals surface area (Å²) in [7, 11) is 1.38. The highest BCUT2D eigenvalue weighted by molar-refractivity contribution is 5.91. The molecule has 2 N–H and O–H groups in total. The van der Waals surface area contributed by atoms with E-state index < -0.39 is 5.97 Å². The summed E-state index contributed by atoms with van der Waals surface area (Å²) in [5.74, 6) is 0.434. The van der Waals surface area contributed by atoms with Crippen molar-refractivity contribution in [1.29, 1.82) is 0 Å². The minimum absolute atomic E-state index is 0.299. The number of ether oxygens (including phenoxy) is 1. The summed E-state index contributed by atoms with van der Waals surface area (Å²) in [5.41, 5.74) is 9.57. The fourth-order valence-electron chi connectivity index (χ4n) is 3.19. The van der Waals surface area contributed by atoms with Crippen molar-refractivity contribution in [2.75, 3.05) is 12.8 Å². The van der Waals surface area contributed by atoms with Gasteiger partial charge in [0, 0.05) is 5.56 Å². The van der Waals surface area contributed by atoms with Gasteiger partial charge in [0.25, 0.3) is 0 Å². The summed E-state index contributed by atoms with van der Waals surface area (Å²) in [5, 5.41) is 4.44. The number of nitrogens with zero attached hydrogens (tertiary/aromatic N) is 2. The smallest absolute Gasteiger partial charge is 0.358 e. The van der Waals surface area contributed by atoms with Crippen molar-refractivity contribution in [3.05, 3.63) is 41.1 Å². The molecule has 1 aliphatic rings. The molecular formula is C17H21N3O2. The number of aryl methyl sites for hydroxylation is 1. The molecule has 1 aromatic carbocycles. The number of benzene rings is 1. The zero-order chi connectivity index (χ0) is 15.7. The molecule has 1 aromatic heterocycles. The summed E-state index contributed by atoms with van der Waals surface area (Å²) >= 11 is 0. The SMILES string of the molecule is COC(=O)c1nn(-c2ccc(C)cc2)c(N)c1C1CCCC1. The average molecular weight is 299 g/mol. The molecular weight excluding hydrogens is 278 g/mol. The third-order valence-electron chi connectivity index (χ3n) is 4.38. The number of nitrogens with two attached hydrogens (primary N) is 1. The maximum Gasteiger partial charge on any atom is 0.358 e. The molecule has 0 atom stereocenters. The molecule has 1 heterocycles. The van der Waals surface area contributed by atoms with Gasteiger partial charge in [0.1, 0.15) is 5.82 Å². The minimum Gasteiger partial charge on any atom is -0.464 e. The fraction of sp³-hybridized carbons (Fsp3) is 0.412. The van der Waals surface area contributed by atoms with Crippen molar-refractivity contribution in [1.82, 2.24) is 9.78 Å². The number of aromatic nitrogens is 2. The van der Waals surface area contributed by atoms with Crippen LogP contribution in [-0.2, 0) is 4.74 Å². The maximum atomic E-state index is 12.1. The Bertz CT molecular complexity index is 683. The second-order valence-corrected chi connectivity index (χ2v) is 5.87. The summed E-state index contributed by atoms with van der Waals surface area (Å²) < 4.78 is 6.54. The van der Waals surface area contributed by atoms with Gasteiger partial charge in [-0.05, 0) is 37.8 Å². The Morgan fingerprint density at radius 1 is 1.27 bits per heavy atom. The second-order valence-electron chi connectivity index (χ2n) is 5.87. The van der Waals surface area contributed by atoms with Gasteiger partial charge in [-0.3, -0.25) is 0 Å². The topological polar surface area (TPSA) is 70.1 Å². The Hall–Kier alpha value is -2.30. The van der Waals surface area contributed by atoms with Crippen LogP contribution < -0.4 is 5.73 Å². The molecule has 5 heteroatoms. The van der Waals surface area contributed by atoms with Crippen molar-refractivity contribution in [2.24, 2.45) is 0 Å². The van der Waals surface area contributed by atoms with Crippen LogP contribution in [0.3, 0.4) is 0 Å². The molecule has 1 aliphatic carbocycles. The van der Waals surface area contributed by atoms with Crippen molar-refractivity contribution < 1.29 is 9.53 Å². The van der Waals surface area contributed by atoms with Gasteiger partial charge in [0.15, 0.2) is 5.69 Å². The molecule has 0 unspecified atom stereocenters. The lowest BCUT2D eigenvalue weighted by molar-refractivity contribution is 0.0591. The van der Waals surface area contributed by atoms with E-state index >= 15 is 0 Å². The van der Waals surface area contributed by atoms with Gasteiger partial charge in [0.05, 0.1) is 12.8 Å². The van der Waals surface area contributed by atoms with E-state index in [-0.39, 0.29) is 0 Å². The first-order chi connectivity index (χ1) is 10.6. The lowest BCUT2D eigenvalue weighted by Crippen LogP contribution is -2.08. The number of nitrogen functional groups attached to an aromatic ring is 1. The highest BCUT2D eigenvalue weighted by Crippen LogP contribution is 2.39. The van der Waals surface area contributed by atoms with Crippen LogP contribution in [0.25, 0.3) is 5.69 Å². The van der Waals surface area contributed by atoms with Crippen molar-refractivity contribution >= 4 is 11.8 Å². The Morgan fingerprint density at radius 2 is 1.91 bits per heavy atom. The molecule has 0 saturated heterocycles. The van der Waals surface area contributed by atoms with E-state index in [1.807, 2.05) is 31.2 Å². The van der Waals surface area contributed by atoms with Crippen LogP contribution in [0.5, 0.6) is 0 Å². The molecule has 3 rings (SSSR count). The number of methoxy groups -OCH3 is 1. The summed E-state index contributed by atoms with van der Waals surface area (Å²) in [4.78, 5) is 12.1. The van der Waals surface area contributed by atoms with E-state index in [2.05, 4.69) is 5.10 Å². The van der Waals surface area contributed by atoms with Gasteiger partial charge in [0.2, 0.25) is 0 Å².